The summed E-state index contributed by atoms with van der Waals surface area (Å²) in [4.78, 5) is 26.8. The summed E-state index contributed by atoms with van der Waals surface area (Å²) >= 11 is 1.58. The predicted octanol–water partition coefficient (Wildman–Crippen LogP) is 2.17. The van der Waals surface area contributed by atoms with E-state index in [-0.39, 0.29) is 16.9 Å². The van der Waals surface area contributed by atoms with Gasteiger partial charge in [0.2, 0.25) is 0 Å². The largest absolute Gasteiger partial charge is 0.404 e. The Bertz CT molecular complexity index is 1310. The first-order chi connectivity index (χ1) is 17.1. The molecule has 9 heteroatoms. The number of aromatic nitrogens is 2. The van der Waals surface area contributed by atoms with E-state index in [1.54, 1.807) is 18.7 Å². The topological polar surface area (TPSA) is 93.6 Å². The number of thioether (sulfide) groups is 1. The van der Waals surface area contributed by atoms with Gasteiger partial charge in [-0.2, -0.15) is 0 Å². The summed E-state index contributed by atoms with van der Waals surface area (Å²) in [6.45, 7) is 8.47. The summed E-state index contributed by atoms with van der Waals surface area (Å²) in [7, 11) is -2.84. The highest BCUT2D eigenvalue weighted by Gasteiger charge is 2.63. The number of rotatable bonds is 6. The molecule has 7 nitrogen and oxygen atoms in total. The highest BCUT2D eigenvalue weighted by atomic mass is 32.2. The van der Waals surface area contributed by atoms with Gasteiger partial charge in [-0.3, -0.25) is 14.3 Å². The zero-order chi connectivity index (χ0) is 25.7. The third kappa shape index (κ3) is 3.94. The minimum absolute atomic E-state index is 0.193. The van der Waals surface area contributed by atoms with Gasteiger partial charge in [-0.1, -0.05) is 81.4 Å². The molecule has 2 fully saturated rings. The number of ether oxygens (including phenoxy) is 1. The van der Waals surface area contributed by atoms with Gasteiger partial charge < -0.3 is 14.3 Å². The van der Waals surface area contributed by atoms with Gasteiger partial charge >= 0.3 is 5.69 Å². The van der Waals surface area contributed by atoms with E-state index >= 15 is 0 Å². The van der Waals surface area contributed by atoms with Crippen LogP contribution in [0.15, 0.2) is 76.4 Å². The van der Waals surface area contributed by atoms with Gasteiger partial charge in [0, 0.05) is 17.5 Å². The molecule has 0 radical (unpaired) electrons. The number of hydrogen-bond donors (Lipinski definition) is 2. The number of nitrogens with one attached hydrogen (secondary N) is 1. The van der Waals surface area contributed by atoms with E-state index in [1.807, 2.05) is 36.4 Å². The summed E-state index contributed by atoms with van der Waals surface area (Å²) in [5.41, 5.74) is -1.51. The number of benzene rings is 2. The predicted molar refractivity (Wildman–Crippen MR) is 145 cm³/mol. The maximum absolute atomic E-state index is 12.6. The van der Waals surface area contributed by atoms with E-state index in [0.29, 0.717) is 11.3 Å². The molecule has 2 saturated heterocycles. The molecule has 0 amide bonds. The lowest BCUT2D eigenvalue weighted by atomic mass is 10.0. The van der Waals surface area contributed by atoms with Crippen LogP contribution in [-0.2, 0) is 9.16 Å². The normalized spacial score (nSPS) is 25.9. The Balaban J connectivity index is 1.54. The molecule has 2 aromatic carbocycles. The minimum atomic E-state index is -2.84. The van der Waals surface area contributed by atoms with Gasteiger partial charge in [0.1, 0.15) is 11.7 Å². The van der Waals surface area contributed by atoms with Gasteiger partial charge in [0.15, 0.2) is 6.23 Å². The second-order valence-corrected chi connectivity index (χ2v) is 16.2. The molecule has 190 valence electrons. The van der Waals surface area contributed by atoms with Gasteiger partial charge in [0.25, 0.3) is 13.9 Å². The highest BCUT2D eigenvalue weighted by molar-refractivity contribution is 8.00. The van der Waals surface area contributed by atoms with Gasteiger partial charge in [0.05, 0.1) is 11.9 Å². The van der Waals surface area contributed by atoms with Crippen LogP contribution in [0.4, 0.5) is 0 Å². The molecule has 0 aliphatic carbocycles. The molecule has 36 heavy (non-hydrogen) atoms. The van der Waals surface area contributed by atoms with E-state index in [1.165, 1.54) is 10.8 Å². The van der Waals surface area contributed by atoms with Crippen LogP contribution < -0.4 is 21.6 Å². The summed E-state index contributed by atoms with van der Waals surface area (Å²) in [5.74, 6) is 0.560. The summed E-state index contributed by atoms with van der Waals surface area (Å²) < 4.78 is 15.0. The number of aliphatic hydroxyl groups excluding tert-OH is 1. The summed E-state index contributed by atoms with van der Waals surface area (Å²) in [5, 5.41) is 13.1. The van der Waals surface area contributed by atoms with Crippen LogP contribution in [-0.4, -0.2) is 52.3 Å². The van der Waals surface area contributed by atoms with Crippen molar-refractivity contribution in [2.75, 3.05) is 12.4 Å². The van der Waals surface area contributed by atoms with Crippen LogP contribution in [0.3, 0.4) is 0 Å². The molecule has 0 spiro atoms. The SMILES string of the molecule is Cc1cn([C@@H]2O[C@@]3(CO[Si](c4ccccc4)(c4ccccc4)C(C)(C)C)CS[C@@H]2[C@@H]3O)c(=O)[nH]c1=O. The Kier molecular flexibility index (Phi) is 6.41. The van der Waals surface area contributed by atoms with Crippen molar-refractivity contribution in [2.45, 2.75) is 55.9 Å². The van der Waals surface area contributed by atoms with Crippen LogP contribution in [0, 0.1) is 6.92 Å². The Morgan fingerprint density at radius 3 is 2.25 bits per heavy atom. The molecular formula is C27H32N2O5SSi. The molecule has 0 unspecified atom stereocenters. The molecule has 2 N–H and O–H groups in total. The first-order valence-corrected chi connectivity index (χ1v) is 15.1. The third-order valence-electron chi connectivity index (χ3n) is 7.38. The Hall–Kier alpha value is -2.43. The molecular weight excluding hydrogens is 492 g/mol. The Labute approximate surface area is 215 Å². The van der Waals surface area contributed by atoms with E-state index < -0.39 is 37.5 Å². The van der Waals surface area contributed by atoms with Crippen molar-refractivity contribution < 1.29 is 14.3 Å². The molecule has 5 rings (SSSR count). The number of nitrogens with zero attached hydrogens (tertiary/aromatic N) is 1. The van der Waals surface area contributed by atoms with E-state index in [4.69, 9.17) is 9.16 Å². The average Bonchev–Trinajstić information content (AvgIpc) is 3.31. The average molecular weight is 525 g/mol. The second kappa shape index (κ2) is 9.15. The maximum Gasteiger partial charge on any atom is 0.330 e. The first kappa shape index (κ1) is 25.2. The molecule has 2 aliphatic rings. The van der Waals surface area contributed by atoms with Gasteiger partial charge in [-0.05, 0) is 22.3 Å². The third-order valence-corrected chi connectivity index (χ3v) is 13.9. The molecule has 0 saturated carbocycles. The summed E-state index contributed by atoms with van der Waals surface area (Å²) in [6.07, 6.45) is 0.00524. The van der Waals surface area contributed by atoms with Gasteiger partial charge in [-0.25, -0.2) is 4.79 Å². The number of aryl methyl sites for hydroxylation is 1. The standard InChI is InChI=1S/C27H32N2O5SSi/c1-18-15-29(25(32)28-23(18)31)24-21-22(30)27(34-24,17-35-21)16-33-36(26(2,3)4,19-11-7-5-8-12-19)20-13-9-6-10-14-20/h5-15,21-22,24,30H,16-17H2,1-4H3,(H,28,31,32)/t21-,22+,24-,27+/m1/s1. The van der Waals surface area contributed by atoms with Gasteiger partial charge in [-0.15, -0.1) is 11.8 Å². The molecule has 1 aromatic heterocycles. The van der Waals surface area contributed by atoms with Crippen molar-refractivity contribution in [2.24, 2.45) is 0 Å². The van der Waals surface area contributed by atoms with Crippen molar-refractivity contribution in [3.8, 4) is 0 Å². The van der Waals surface area contributed by atoms with Crippen LogP contribution >= 0.6 is 11.8 Å². The minimum Gasteiger partial charge on any atom is -0.404 e. The smallest absolute Gasteiger partial charge is 0.330 e. The first-order valence-electron chi connectivity index (χ1n) is 12.1. The number of H-pyrrole nitrogens is 1. The lowest BCUT2D eigenvalue weighted by Gasteiger charge is -2.45. The highest BCUT2D eigenvalue weighted by Crippen LogP contribution is 2.52. The number of aliphatic hydroxyl groups is 1. The zero-order valence-electron chi connectivity index (χ0n) is 20.9. The second-order valence-electron chi connectivity index (χ2n) is 10.7. The summed E-state index contributed by atoms with van der Waals surface area (Å²) in [6, 6.07) is 20.7. The van der Waals surface area contributed by atoms with Crippen LogP contribution in [0.1, 0.15) is 32.6 Å². The van der Waals surface area contributed by atoms with E-state index in [9.17, 15) is 14.7 Å². The fourth-order valence-electron chi connectivity index (χ4n) is 5.51. The van der Waals surface area contributed by atoms with Crippen LogP contribution in [0.25, 0.3) is 0 Å². The number of hydrogen-bond acceptors (Lipinski definition) is 6. The molecule has 3 heterocycles. The molecule has 3 aromatic rings. The van der Waals surface area contributed by atoms with Crippen LogP contribution in [0.5, 0.6) is 0 Å². The molecule has 4 atom stereocenters. The van der Waals surface area contributed by atoms with E-state index in [0.717, 1.165) is 10.4 Å². The van der Waals surface area contributed by atoms with Crippen molar-refractivity contribution in [1.82, 2.24) is 9.55 Å². The quantitative estimate of drug-likeness (QED) is 0.480. The lowest BCUT2D eigenvalue weighted by molar-refractivity contribution is -0.111. The fraction of sp³-hybridized carbons (Fsp3) is 0.407. The fourth-order valence-corrected chi connectivity index (χ4v) is 11.7. The van der Waals surface area contributed by atoms with Crippen molar-refractivity contribution in [1.29, 1.82) is 0 Å². The van der Waals surface area contributed by atoms with Crippen molar-refractivity contribution in [3.05, 3.63) is 93.3 Å². The Morgan fingerprint density at radius 2 is 1.69 bits per heavy atom. The van der Waals surface area contributed by atoms with Crippen molar-refractivity contribution >= 4 is 30.5 Å². The molecule has 2 bridgehead atoms. The van der Waals surface area contributed by atoms with E-state index in [2.05, 4.69) is 50.0 Å². The zero-order valence-corrected chi connectivity index (χ0v) is 22.7. The van der Waals surface area contributed by atoms with Crippen molar-refractivity contribution in [3.63, 3.8) is 0 Å². The maximum atomic E-state index is 12.6. The number of aromatic amines is 1. The Morgan fingerprint density at radius 1 is 1.11 bits per heavy atom. The van der Waals surface area contributed by atoms with Crippen LogP contribution in [0.2, 0.25) is 5.04 Å². The monoisotopic (exact) mass is 524 g/mol. The molecule has 2 aliphatic heterocycles. The lowest BCUT2D eigenvalue weighted by Crippen LogP contribution is -2.68. The number of fused-ring (bicyclic) bond motifs is 2.